The van der Waals surface area contributed by atoms with E-state index in [1.54, 1.807) is 25.9 Å². The first-order chi connectivity index (χ1) is 17.6. The van der Waals surface area contributed by atoms with Gasteiger partial charge < -0.3 is 19.1 Å². The Labute approximate surface area is 232 Å². The lowest BCUT2D eigenvalue weighted by atomic mass is 9.83. The van der Waals surface area contributed by atoms with E-state index < -0.39 is 17.5 Å². The van der Waals surface area contributed by atoms with E-state index >= 15 is 0 Å². The van der Waals surface area contributed by atoms with Crippen LogP contribution in [0.3, 0.4) is 0 Å². The molecule has 2 aliphatic rings. The van der Waals surface area contributed by atoms with Gasteiger partial charge in [-0.1, -0.05) is 55.5 Å². The third kappa shape index (κ3) is 5.91. The number of thiocarbonyl (C=S) groups is 1. The highest BCUT2D eigenvalue weighted by Crippen LogP contribution is 2.56. The highest BCUT2D eigenvalue weighted by Gasteiger charge is 2.46. The van der Waals surface area contributed by atoms with E-state index in [0.717, 1.165) is 48.3 Å². The number of esters is 2. The molecule has 0 aromatic heterocycles. The highest BCUT2D eigenvalue weighted by molar-refractivity contribution is 8.29. The van der Waals surface area contributed by atoms with Crippen molar-refractivity contribution in [3.8, 4) is 5.75 Å². The van der Waals surface area contributed by atoms with Crippen molar-refractivity contribution in [1.29, 1.82) is 0 Å². The van der Waals surface area contributed by atoms with Crippen molar-refractivity contribution in [2.75, 3.05) is 25.2 Å². The van der Waals surface area contributed by atoms with Crippen LogP contribution in [0.25, 0.3) is 5.57 Å². The molecule has 10 heteroatoms. The van der Waals surface area contributed by atoms with Crippen molar-refractivity contribution >= 4 is 69.7 Å². The monoisotopic (exact) mass is 563 g/mol. The summed E-state index contributed by atoms with van der Waals surface area (Å²) < 4.78 is 16.6. The summed E-state index contributed by atoms with van der Waals surface area (Å²) in [6, 6.07) is 5.53. The summed E-state index contributed by atoms with van der Waals surface area (Å²) in [7, 11) is 1.58. The molecule has 7 nitrogen and oxygen atoms in total. The fraction of sp³-hybridized carbons (Fsp3) is 0.481. The van der Waals surface area contributed by atoms with Crippen molar-refractivity contribution < 1.29 is 28.6 Å². The molecule has 3 rings (SSSR count). The van der Waals surface area contributed by atoms with E-state index in [1.165, 1.54) is 0 Å². The Kier molecular flexibility index (Phi) is 9.88. The molecule has 0 bridgehead atoms. The van der Waals surface area contributed by atoms with Crippen molar-refractivity contribution in [3.05, 3.63) is 37.8 Å². The number of hydrogen-bond donors (Lipinski definition) is 0. The number of nitrogens with zero attached hydrogens (tertiary/aromatic N) is 1. The number of thioether (sulfide) groups is 2. The third-order valence-corrected chi connectivity index (χ3v) is 9.28. The number of carbonyl (C=O) groups excluding carboxylic acids is 3. The Bertz CT molecular complexity index is 1140. The molecule has 0 saturated heterocycles. The van der Waals surface area contributed by atoms with Gasteiger partial charge in [0.2, 0.25) is 5.91 Å². The molecule has 0 saturated carbocycles. The summed E-state index contributed by atoms with van der Waals surface area (Å²) >= 11 is 8.33. The lowest BCUT2D eigenvalue weighted by Crippen LogP contribution is -2.55. The molecule has 0 N–H and O–H groups in total. The quantitative estimate of drug-likeness (QED) is 0.150. The van der Waals surface area contributed by atoms with Crippen LogP contribution >= 0.6 is 35.7 Å². The van der Waals surface area contributed by atoms with E-state index in [-0.39, 0.29) is 28.9 Å². The molecule has 1 amide bonds. The van der Waals surface area contributed by atoms with Crippen molar-refractivity contribution in [2.24, 2.45) is 0 Å². The first-order valence-electron chi connectivity index (χ1n) is 12.4. The number of unbranched alkanes of at least 4 members (excludes halogenated alkanes) is 2. The molecular weight excluding hydrogens is 530 g/mol. The SMILES string of the molecule is CCCCCC(=O)N1c2ccc(OC)cc2C(=C2SC(C(=O)OCC)=C(C(=O)OCC)S2)C(=S)C1(C)C. The number of amides is 1. The minimum atomic E-state index is -0.819. The van der Waals surface area contributed by atoms with Gasteiger partial charge in [-0.15, -0.1) is 0 Å². The normalized spacial score (nSPS) is 16.6. The molecule has 0 fully saturated rings. The maximum atomic E-state index is 13.5. The van der Waals surface area contributed by atoms with Gasteiger partial charge in [-0.05, 0) is 52.3 Å². The largest absolute Gasteiger partial charge is 0.497 e. The fourth-order valence-electron chi connectivity index (χ4n) is 4.22. The summed E-state index contributed by atoms with van der Waals surface area (Å²) in [6.07, 6.45) is 3.21. The molecule has 2 heterocycles. The first kappa shape index (κ1) is 29.3. The second-order valence-corrected chi connectivity index (χ2v) is 11.6. The minimum absolute atomic E-state index is 0.000505. The van der Waals surface area contributed by atoms with Crippen LogP contribution in [0, 0.1) is 0 Å². The van der Waals surface area contributed by atoms with Gasteiger partial charge in [0.05, 0.1) is 40.7 Å². The number of hydrogen-bond acceptors (Lipinski definition) is 9. The zero-order valence-corrected chi connectivity index (χ0v) is 24.5. The maximum Gasteiger partial charge on any atom is 0.346 e. The molecule has 0 unspecified atom stereocenters. The van der Waals surface area contributed by atoms with Crippen LogP contribution in [-0.2, 0) is 23.9 Å². The van der Waals surface area contributed by atoms with Crippen LogP contribution in [-0.4, -0.2) is 48.6 Å². The summed E-state index contributed by atoms with van der Waals surface area (Å²) in [4.78, 5) is 41.7. The van der Waals surface area contributed by atoms with Crippen LogP contribution < -0.4 is 9.64 Å². The molecule has 0 radical (unpaired) electrons. The molecule has 37 heavy (non-hydrogen) atoms. The van der Waals surface area contributed by atoms with E-state index in [4.69, 9.17) is 26.4 Å². The van der Waals surface area contributed by atoms with Crippen LogP contribution in [0.1, 0.15) is 65.9 Å². The van der Waals surface area contributed by atoms with E-state index in [0.29, 0.717) is 32.5 Å². The predicted molar refractivity (Wildman–Crippen MR) is 154 cm³/mol. The molecule has 200 valence electrons. The van der Waals surface area contributed by atoms with Gasteiger partial charge in [-0.3, -0.25) is 4.79 Å². The second kappa shape index (κ2) is 12.5. The van der Waals surface area contributed by atoms with Crippen molar-refractivity contribution in [3.63, 3.8) is 0 Å². The first-order valence-corrected chi connectivity index (χ1v) is 14.4. The Balaban J connectivity index is 2.18. The summed E-state index contributed by atoms with van der Waals surface area (Å²) in [5.74, 6) is -0.563. The average Bonchev–Trinajstić information content (AvgIpc) is 3.30. The summed E-state index contributed by atoms with van der Waals surface area (Å²) in [5, 5.41) is 0. The van der Waals surface area contributed by atoms with Crippen LogP contribution in [0.15, 0.2) is 32.2 Å². The Morgan fingerprint density at radius 1 is 0.973 bits per heavy atom. The molecule has 0 atom stereocenters. The highest BCUT2D eigenvalue weighted by atomic mass is 32.2. The maximum absolute atomic E-state index is 13.5. The van der Waals surface area contributed by atoms with Gasteiger partial charge in [-0.2, -0.15) is 0 Å². The summed E-state index contributed by atoms with van der Waals surface area (Å²) in [6.45, 7) is 9.73. The number of benzene rings is 1. The Hall–Kier alpha value is -2.30. The summed E-state index contributed by atoms with van der Waals surface area (Å²) in [5.41, 5.74) is 1.31. The molecule has 1 aromatic rings. The lowest BCUT2D eigenvalue weighted by Gasteiger charge is -2.45. The standard InChI is InChI=1S/C27H33NO6S3/c1-7-10-11-12-19(29)28-18-14-13-16(32-6)15-17(18)20(23(35)27(28,4)5)26-36-21(24(30)33-8-2)22(37-26)25(31)34-9-3/h13-15H,7-12H2,1-6H3. The third-order valence-electron chi connectivity index (χ3n) is 6.02. The smallest absolute Gasteiger partial charge is 0.346 e. The van der Waals surface area contributed by atoms with Gasteiger partial charge in [0.15, 0.2) is 0 Å². The number of fused-ring (bicyclic) bond motifs is 1. The van der Waals surface area contributed by atoms with Crippen LogP contribution in [0.2, 0.25) is 0 Å². The molecule has 0 spiro atoms. The number of methoxy groups -OCH3 is 1. The zero-order chi connectivity index (χ0) is 27.3. The van der Waals surface area contributed by atoms with E-state index in [2.05, 4.69) is 6.92 Å². The Morgan fingerprint density at radius 3 is 2.08 bits per heavy atom. The van der Waals surface area contributed by atoms with Gasteiger partial charge in [-0.25, -0.2) is 9.59 Å². The van der Waals surface area contributed by atoms with E-state index in [1.807, 2.05) is 32.0 Å². The van der Waals surface area contributed by atoms with Crippen molar-refractivity contribution in [2.45, 2.75) is 65.8 Å². The number of carbonyl (C=O) groups is 3. The topological polar surface area (TPSA) is 82.1 Å². The lowest BCUT2D eigenvalue weighted by molar-refractivity contribution is -0.140. The van der Waals surface area contributed by atoms with Gasteiger partial charge >= 0.3 is 11.9 Å². The van der Waals surface area contributed by atoms with Crippen molar-refractivity contribution in [1.82, 2.24) is 0 Å². The molecular formula is C27H33NO6S3. The molecule has 0 aliphatic carbocycles. The molecule has 1 aromatic carbocycles. The Morgan fingerprint density at radius 2 is 1.57 bits per heavy atom. The minimum Gasteiger partial charge on any atom is -0.497 e. The molecule has 2 aliphatic heterocycles. The number of rotatable bonds is 9. The number of anilines is 1. The van der Waals surface area contributed by atoms with Crippen LogP contribution in [0.4, 0.5) is 5.69 Å². The average molecular weight is 564 g/mol. The van der Waals surface area contributed by atoms with Gasteiger partial charge in [0.25, 0.3) is 0 Å². The van der Waals surface area contributed by atoms with Crippen LogP contribution in [0.5, 0.6) is 5.75 Å². The fourth-order valence-corrected chi connectivity index (χ4v) is 7.20. The predicted octanol–water partition coefficient (Wildman–Crippen LogP) is 6.26. The second-order valence-electron chi connectivity index (χ2n) is 8.92. The zero-order valence-electron chi connectivity index (χ0n) is 22.1. The van der Waals surface area contributed by atoms with Gasteiger partial charge in [0, 0.05) is 17.6 Å². The van der Waals surface area contributed by atoms with E-state index in [9.17, 15) is 14.4 Å². The number of ether oxygens (including phenoxy) is 3. The van der Waals surface area contributed by atoms with Gasteiger partial charge in [0.1, 0.15) is 15.6 Å².